The SMILES string of the molecule is CC(C)[C@@H](Cc1ccc(F)cc1)[C@@H](C=O)Cc1ccccc1.CC[C@@H](Cc1ccccc1)[C@H](Cc1ccc(F)cc1)C(C)C. The van der Waals surface area contributed by atoms with Crippen molar-refractivity contribution in [3.8, 4) is 0 Å². The second-order valence-corrected chi connectivity index (χ2v) is 12.8. The summed E-state index contributed by atoms with van der Waals surface area (Å²) in [4.78, 5) is 11.6. The lowest BCUT2D eigenvalue weighted by Gasteiger charge is -2.30. The molecule has 4 aromatic carbocycles. The van der Waals surface area contributed by atoms with Crippen LogP contribution in [0.3, 0.4) is 0 Å². The zero-order chi connectivity index (χ0) is 31.9. The van der Waals surface area contributed by atoms with Crippen molar-refractivity contribution in [2.24, 2.45) is 35.5 Å². The highest BCUT2D eigenvalue weighted by atomic mass is 19.1. The average molecular weight is 597 g/mol. The molecule has 0 fully saturated rings. The molecule has 3 heteroatoms. The van der Waals surface area contributed by atoms with Gasteiger partial charge in [0.25, 0.3) is 0 Å². The fourth-order valence-electron chi connectivity index (χ4n) is 6.32. The number of benzene rings is 4. The summed E-state index contributed by atoms with van der Waals surface area (Å²) < 4.78 is 26.1. The van der Waals surface area contributed by atoms with Gasteiger partial charge in [0.1, 0.15) is 17.9 Å². The summed E-state index contributed by atoms with van der Waals surface area (Å²) >= 11 is 0. The molecule has 0 bridgehead atoms. The molecular weight excluding hydrogens is 546 g/mol. The fraction of sp³-hybridized carbons (Fsp3) is 0.390. The second kappa shape index (κ2) is 18.3. The standard InChI is InChI=1S/C21H27F.C20H23FO/c1-4-19(14-17-8-6-5-7-9-17)21(16(2)3)15-18-10-12-20(22)13-11-18;1-15(2)20(13-17-8-10-19(21)11-9-17)18(14-22)12-16-6-4-3-5-7-16/h5-13,16,19,21H,4,14-15H2,1-3H3;3-11,14-15,18,20H,12-13H2,1-2H3/t19-,21+;18-,20-/m01/s1. The van der Waals surface area contributed by atoms with E-state index in [1.165, 1.54) is 35.2 Å². The summed E-state index contributed by atoms with van der Waals surface area (Å²) in [6, 6.07) is 34.5. The van der Waals surface area contributed by atoms with Crippen molar-refractivity contribution < 1.29 is 13.6 Å². The molecule has 0 spiro atoms. The molecule has 0 aromatic heterocycles. The predicted octanol–water partition coefficient (Wildman–Crippen LogP) is 10.6. The lowest BCUT2D eigenvalue weighted by molar-refractivity contribution is -0.113. The molecule has 0 N–H and O–H groups in total. The first-order valence-electron chi connectivity index (χ1n) is 16.2. The van der Waals surface area contributed by atoms with Crippen LogP contribution in [-0.4, -0.2) is 6.29 Å². The summed E-state index contributed by atoms with van der Waals surface area (Å²) in [6.45, 7) is 11.2. The molecule has 0 heterocycles. The average Bonchev–Trinajstić information content (AvgIpc) is 3.03. The summed E-state index contributed by atoms with van der Waals surface area (Å²) in [6.07, 6.45) is 5.98. The van der Waals surface area contributed by atoms with E-state index in [4.69, 9.17) is 0 Å². The number of halogens is 2. The maximum absolute atomic E-state index is 13.1. The smallest absolute Gasteiger partial charge is 0.123 e. The molecule has 44 heavy (non-hydrogen) atoms. The topological polar surface area (TPSA) is 17.1 Å². The van der Waals surface area contributed by atoms with E-state index < -0.39 is 0 Å². The van der Waals surface area contributed by atoms with Gasteiger partial charge in [-0.1, -0.05) is 126 Å². The lowest BCUT2D eigenvalue weighted by Crippen LogP contribution is -2.25. The first-order valence-corrected chi connectivity index (χ1v) is 16.2. The van der Waals surface area contributed by atoms with Crippen molar-refractivity contribution in [1.29, 1.82) is 0 Å². The third-order valence-electron chi connectivity index (χ3n) is 8.99. The van der Waals surface area contributed by atoms with Crippen molar-refractivity contribution >= 4 is 6.29 Å². The van der Waals surface area contributed by atoms with Crippen LogP contribution in [0, 0.1) is 47.1 Å². The van der Waals surface area contributed by atoms with Crippen molar-refractivity contribution in [1.82, 2.24) is 0 Å². The van der Waals surface area contributed by atoms with E-state index in [1.807, 2.05) is 42.5 Å². The van der Waals surface area contributed by atoms with Crippen molar-refractivity contribution in [3.63, 3.8) is 0 Å². The van der Waals surface area contributed by atoms with Gasteiger partial charge in [-0.25, -0.2) is 8.78 Å². The molecule has 4 atom stereocenters. The van der Waals surface area contributed by atoms with Gasteiger partial charge in [-0.3, -0.25) is 0 Å². The van der Waals surface area contributed by atoms with Crippen molar-refractivity contribution in [3.05, 3.63) is 143 Å². The Kier molecular flexibility index (Phi) is 14.5. The number of hydrogen-bond donors (Lipinski definition) is 0. The Bertz CT molecular complexity index is 1330. The van der Waals surface area contributed by atoms with E-state index in [2.05, 4.69) is 77.1 Å². The van der Waals surface area contributed by atoms with Crippen LogP contribution in [0.1, 0.15) is 63.3 Å². The predicted molar refractivity (Wildman–Crippen MR) is 180 cm³/mol. The number of hydrogen-bond acceptors (Lipinski definition) is 1. The highest BCUT2D eigenvalue weighted by molar-refractivity contribution is 5.55. The maximum Gasteiger partial charge on any atom is 0.123 e. The molecule has 234 valence electrons. The van der Waals surface area contributed by atoms with Gasteiger partial charge in [0.2, 0.25) is 0 Å². The zero-order valence-electron chi connectivity index (χ0n) is 27.1. The van der Waals surface area contributed by atoms with Gasteiger partial charge in [0.05, 0.1) is 0 Å². The summed E-state index contributed by atoms with van der Waals surface area (Å²) in [5, 5.41) is 0. The number of carbonyl (C=O) groups excluding carboxylic acids is 1. The van der Waals surface area contributed by atoms with Crippen LogP contribution in [0.4, 0.5) is 8.78 Å². The number of aldehydes is 1. The van der Waals surface area contributed by atoms with Gasteiger partial charge in [-0.05, 0) is 102 Å². The van der Waals surface area contributed by atoms with Gasteiger partial charge in [0.15, 0.2) is 0 Å². The Morgan fingerprint density at radius 1 is 0.523 bits per heavy atom. The van der Waals surface area contributed by atoms with Crippen LogP contribution in [0.2, 0.25) is 0 Å². The summed E-state index contributed by atoms with van der Waals surface area (Å²) in [7, 11) is 0. The van der Waals surface area contributed by atoms with Crippen LogP contribution in [0.15, 0.2) is 109 Å². The molecule has 0 aliphatic heterocycles. The Hall–Kier alpha value is -3.59. The van der Waals surface area contributed by atoms with E-state index in [-0.39, 0.29) is 23.5 Å². The second-order valence-electron chi connectivity index (χ2n) is 12.8. The minimum atomic E-state index is -0.221. The molecule has 1 nitrogen and oxygen atoms in total. The Labute approximate surface area is 264 Å². The molecule has 0 aliphatic rings. The molecule has 0 radical (unpaired) electrons. The lowest BCUT2D eigenvalue weighted by atomic mass is 9.75. The monoisotopic (exact) mass is 596 g/mol. The van der Waals surface area contributed by atoms with Gasteiger partial charge < -0.3 is 4.79 Å². The Balaban J connectivity index is 0.000000240. The van der Waals surface area contributed by atoms with Crippen LogP contribution < -0.4 is 0 Å². The first-order chi connectivity index (χ1) is 21.2. The van der Waals surface area contributed by atoms with Crippen molar-refractivity contribution in [2.75, 3.05) is 0 Å². The van der Waals surface area contributed by atoms with E-state index in [0.29, 0.717) is 23.7 Å². The van der Waals surface area contributed by atoms with E-state index in [0.717, 1.165) is 37.5 Å². The number of rotatable bonds is 14. The minimum absolute atomic E-state index is 0.0209. The van der Waals surface area contributed by atoms with Crippen LogP contribution in [0.5, 0.6) is 0 Å². The van der Waals surface area contributed by atoms with E-state index >= 15 is 0 Å². The minimum Gasteiger partial charge on any atom is -0.303 e. The molecule has 4 aromatic rings. The third kappa shape index (κ3) is 11.5. The molecule has 0 saturated heterocycles. The largest absolute Gasteiger partial charge is 0.303 e. The van der Waals surface area contributed by atoms with Gasteiger partial charge in [-0.15, -0.1) is 0 Å². The fourth-order valence-corrected chi connectivity index (χ4v) is 6.32. The highest BCUT2D eigenvalue weighted by Gasteiger charge is 2.25. The molecule has 0 amide bonds. The maximum atomic E-state index is 13.1. The van der Waals surface area contributed by atoms with Gasteiger partial charge in [0, 0.05) is 5.92 Å². The quantitative estimate of drug-likeness (QED) is 0.132. The highest BCUT2D eigenvalue weighted by Crippen LogP contribution is 2.31. The van der Waals surface area contributed by atoms with Crippen LogP contribution in [-0.2, 0) is 30.5 Å². The molecular formula is C41H50F2O. The normalized spacial score (nSPS) is 13.9. The molecule has 0 aliphatic carbocycles. The van der Waals surface area contributed by atoms with Gasteiger partial charge in [-0.2, -0.15) is 0 Å². The van der Waals surface area contributed by atoms with Gasteiger partial charge >= 0.3 is 0 Å². The summed E-state index contributed by atoms with van der Waals surface area (Å²) in [5.74, 6) is 2.16. The van der Waals surface area contributed by atoms with E-state index in [9.17, 15) is 13.6 Å². The summed E-state index contributed by atoms with van der Waals surface area (Å²) in [5.41, 5.74) is 4.93. The number of carbonyl (C=O) groups is 1. The van der Waals surface area contributed by atoms with Crippen molar-refractivity contribution in [2.45, 2.75) is 66.7 Å². The van der Waals surface area contributed by atoms with E-state index in [1.54, 1.807) is 12.1 Å². The molecule has 0 unspecified atom stereocenters. The van der Waals surface area contributed by atoms with Crippen LogP contribution >= 0.6 is 0 Å². The Morgan fingerprint density at radius 3 is 1.30 bits per heavy atom. The molecule has 4 rings (SSSR count). The third-order valence-corrected chi connectivity index (χ3v) is 8.99. The van der Waals surface area contributed by atoms with Crippen LogP contribution in [0.25, 0.3) is 0 Å². The Morgan fingerprint density at radius 2 is 0.909 bits per heavy atom. The zero-order valence-corrected chi connectivity index (χ0v) is 27.1. The first kappa shape index (κ1) is 34.9. The molecule has 0 saturated carbocycles.